The van der Waals surface area contributed by atoms with Gasteiger partial charge in [0.05, 0.1) is 17.8 Å². The Morgan fingerprint density at radius 1 is 1.33 bits per heavy atom. The minimum atomic E-state index is 0.635. The Balaban J connectivity index is 2.12. The minimum Gasteiger partial charge on any atom is -0.329 e. The predicted octanol–water partition coefficient (Wildman–Crippen LogP) is 2.85. The highest BCUT2D eigenvalue weighted by Gasteiger charge is 2.06. The van der Waals surface area contributed by atoms with Gasteiger partial charge in [-0.3, -0.25) is 9.55 Å². The molecule has 0 bridgehead atoms. The van der Waals surface area contributed by atoms with Gasteiger partial charge in [0.15, 0.2) is 10.4 Å². The fourth-order valence-electron chi connectivity index (χ4n) is 1.95. The summed E-state index contributed by atoms with van der Waals surface area (Å²) >= 11 is 5.33. The molecule has 0 saturated heterocycles. The highest BCUT2D eigenvalue weighted by atomic mass is 32.1. The van der Waals surface area contributed by atoms with Gasteiger partial charge in [-0.15, -0.1) is 0 Å². The number of nitrogens with one attached hydrogen (secondary N) is 1. The molecule has 0 saturated carbocycles. The van der Waals surface area contributed by atoms with Crippen LogP contribution in [0.25, 0.3) is 11.2 Å². The van der Waals surface area contributed by atoms with Crippen LogP contribution < -0.4 is 0 Å². The van der Waals surface area contributed by atoms with Gasteiger partial charge in [0.25, 0.3) is 0 Å². The van der Waals surface area contributed by atoms with E-state index in [4.69, 9.17) is 12.2 Å². The Bertz CT molecular complexity index is 743. The lowest BCUT2D eigenvalue weighted by Crippen LogP contribution is -2.02. The number of hydrogen-bond donors (Lipinski definition) is 1. The fraction of sp³-hybridized carbons (Fsp3) is 0.154. The molecule has 4 nitrogen and oxygen atoms in total. The van der Waals surface area contributed by atoms with Crippen LogP contribution >= 0.6 is 12.2 Å². The Labute approximate surface area is 109 Å². The maximum absolute atomic E-state index is 5.33. The molecule has 0 aliphatic rings. The Hall–Kier alpha value is -2.01. The molecule has 0 atom stereocenters. The van der Waals surface area contributed by atoms with Gasteiger partial charge in [-0.25, -0.2) is 4.98 Å². The highest BCUT2D eigenvalue weighted by Crippen LogP contribution is 2.14. The van der Waals surface area contributed by atoms with Crippen LogP contribution in [0.2, 0.25) is 0 Å². The van der Waals surface area contributed by atoms with Gasteiger partial charge in [0.2, 0.25) is 0 Å². The molecule has 3 aromatic rings. The molecule has 3 heterocycles. The van der Waals surface area contributed by atoms with Crippen LogP contribution in [0.4, 0.5) is 0 Å². The van der Waals surface area contributed by atoms with Crippen molar-refractivity contribution in [2.24, 2.45) is 0 Å². The summed E-state index contributed by atoms with van der Waals surface area (Å²) < 4.78 is 2.64. The lowest BCUT2D eigenvalue weighted by atomic mass is 10.3. The van der Waals surface area contributed by atoms with Crippen LogP contribution in [-0.2, 0) is 6.54 Å². The summed E-state index contributed by atoms with van der Waals surface area (Å²) in [5.74, 6) is 0. The van der Waals surface area contributed by atoms with Crippen molar-refractivity contribution >= 4 is 23.4 Å². The lowest BCUT2D eigenvalue weighted by molar-refractivity contribution is 0.777. The molecular weight excluding hydrogens is 244 g/mol. The van der Waals surface area contributed by atoms with E-state index in [1.54, 1.807) is 6.20 Å². The van der Waals surface area contributed by atoms with Crippen molar-refractivity contribution in [3.63, 3.8) is 0 Å². The molecule has 0 aromatic carbocycles. The average molecular weight is 256 g/mol. The number of aromatic amines is 1. The van der Waals surface area contributed by atoms with Gasteiger partial charge in [-0.05, 0) is 42.9 Å². The maximum atomic E-state index is 5.33. The molecule has 0 fully saturated rings. The highest BCUT2D eigenvalue weighted by molar-refractivity contribution is 7.71. The SMILES string of the molecule is Cc1cnc2c(c1)[nH]c(=S)n2Cc1ccccn1. The summed E-state index contributed by atoms with van der Waals surface area (Å²) in [6.07, 6.45) is 3.63. The molecule has 5 heteroatoms. The second kappa shape index (κ2) is 4.34. The zero-order chi connectivity index (χ0) is 12.5. The molecule has 0 amide bonds. The number of rotatable bonds is 2. The summed E-state index contributed by atoms with van der Waals surface area (Å²) in [5.41, 5.74) is 3.92. The average Bonchev–Trinajstić information content (AvgIpc) is 2.66. The Morgan fingerprint density at radius 2 is 2.22 bits per heavy atom. The first-order chi connectivity index (χ1) is 8.74. The van der Waals surface area contributed by atoms with E-state index in [2.05, 4.69) is 15.0 Å². The molecule has 0 radical (unpaired) electrons. The topological polar surface area (TPSA) is 46.5 Å². The van der Waals surface area contributed by atoms with Crippen molar-refractivity contribution in [1.82, 2.24) is 19.5 Å². The monoisotopic (exact) mass is 256 g/mol. The van der Waals surface area contributed by atoms with E-state index in [1.165, 1.54) is 0 Å². The number of aryl methyl sites for hydroxylation is 1. The second-order valence-corrected chi connectivity index (χ2v) is 4.61. The van der Waals surface area contributed by atoms with Crippen molar-refractivity contribution < 1.29 is 0 Å². The van der Waals surface area contributed by atoms with Crippen LogP contribution in [0.3, 0.4) is 0 Å². The lowest BCUT2D eigenvalue weighted by Gasteiger charge is -2.03. The summed E-state index contributed by atoms with van der Waals surface area (Å²) in [6.45, 7) is 2.65. The van der Waals surface area contributed by atoms with E-state index in [0.717, 1.165) is 22.4 Å². The van der Waals surface area contributed by atoms with Crippen molar-refractivity contribution in [3.8, 4) is 0 Å². The Kier molecular flexibility index (Phi) is 2.68. The van der Waals surface area contributed by atoms with Crippen LogP contribution in [0.15, 0.2) is 36.7 Å². The van der Waals surface area contributed by atoms with E-state index >= 15 is 0 Å². The number of hydrogen-bond acceptors (Lipinski definition) is 3. The quantitative estimate of drug-likeness (QED) is 0.717. The van der Waals surface area contributed by atoms with E-state index in [1.807, 2.05) is 42.0 Å². The summed E-state index contributed by atoms with van der Waals surface area (Å²) in [6, 6.07) is 7.90. The summed E-state index contributed by atoms with van der Waals surface area (Å²) in [4.78, 5) is 11.9. The number of aromatic nitrogens is 4. The zero-order valence-electron chi connectivity index (χ0n) is 9.92. The largest absolute Gasteiger partial charge is 0.329 e. The molecule has 18 heavy (non-hydrogen) atoms. The van der Waals surface area contributed by atoms with E-state index in [9.17, 15) is 0 Å². The molecule has 90 valence electrons. The third-order valence-electron chi connectivity index (χ3n) is 2.79. The molecular formula is C13H12N4S. The van der Waals surface area contributed by atoms with Gasteiger partial charge >= 0.3 is 0 Å². The van der Waals surface area contributed by atoms with Crippen molar-refractivity contribution in [2.45, 2.75) is 13.5 Å². The predicted molar refractivity (Wildman–Crippen MR) is 73.0 cm³/mol. The third-order valence-corrected chi connectivity index (χ3v) is 3.11. The van der Waals surface area contributed by atoms with Crippen LogP contribution in [0, 0.1) is 11.7 Å². The summed E-state index contributed by atoms with van der Waals surface area (Å²) in [5, 5.41) is 0. The number of nitrogens with zero attached hydrogens (tertiary/aromatic N) is 3. The molecule has 0 unspecified atom stereocenters. The minimum absolute atomic E-state index is 0.635. The van der Waals surface area contributed by atoms with E-state index < -0.39 is 0 Å². The number of fused-ring (bicyclic) bond motifs is 1. The molecule has 3 aromatic heterocycles. The molecule has 0 aliphatic carbocycles. The molecule has 0 aliphatic heterocycles. The van der Waals surface area contributed by atoms with Gasteiger partial charge in [0, 0.05) is 12.4 Å². The molecule has 1 N–H and O–H groups in total. The first kappa shape index (κ1) is 11.1. The van der Waals surface area contributed by atoms with Crippen LogP contribution in [-0.4, -0.2) is 19.5 Å². The number of H-pyrrole nitrogens is 1. The molecule has 3 rings (SSSR count). The normalized spacial score (nSPS) is 10.9. The smallest absolute Gasteiger partial charge is 0.179 e. The van der Waals surface area contributed by atoms with Gasteiger partial charge in [-0.1, -0.05) is 6.07 Å². The van der Waals surface area contributed by atoms with Crippen LogP contribution in [0.1, 0.15) is 11.3 Å². The van der Waals surface area contributed by atoms with Crippen molar-refractivity contribution in [3.05, 3.63) is 52.7 Å². The van der Waals surface area contributed by atoms with Gasteiger partial charge in [0.1, 0.15) is 0 Å². The third kappa shape index (κ3) is 1.93. The standard InChI is InChI=1S/C13H12N4S/c1-9-6-11-12(15-7-9)17(13(18)16-11)8-10-4-2-3-5-14-10/h2-7H,8H2,1H3,(H,16,18). The van der Waals surface area contributed by atoms with E-state index in [0.29, 0.717) is 11.3 Å². The second-order valence-electron chi connectivity index (χ2n) is 4.22. The van der Waals surface area contributed by atoms with Gasteiger partial charge in [-0.2, -0.15) is 0 Å². The van der Waals surface area contributed by atoms with Gasteiger partial charge < -0.3 is 4.98 Å². The first-order valence-corrected chi connectivity index (χ1v) is 6.10. The van der Waals surface area contributed by atoms with Crippen molar-refractivity contribution in [2.75, 3.05) is 0 Å². The first-order valence-electron chi connectivity index (χ1n) is 5.69. The maximum Gasteiger partial charge on any atom is 0.179 e. The Morgan fingerprint density at radius 3 is 3.00 bits per heavy atom. The molecule has 0 spiro atoms. The number of imidazole rings is 1. The van der Waals surface area contributed by atoms with Crippen LogP contribution in [0.5, 0.6) is 0 Å². The number of pyridine rings is 2. The van der Waals surface area contributed by atoms with Crippen molar-refractivity contribution in [1.29, 1.82) is 0 Å². The fourth-order valence-corrected chi connectivity index (χ4v) is 2.21. The van der Waals surface area contributed by atoms with E-state index in [-0.39, 0.29) is 0 Å². The zero-order valence-corrected chi connectivity index (χ0v) is 10.7. The summed E-state index contributed by atoms with van der Waals surface area (Å²) in [7, 11) is 0.